The number of aliphatic hydroxyl groups excluding tert-OH is 1. The zero-order chi connectivity index (χ0) is 18.0. The highest BCUT2D eigenvalue weighted by Gasteiger charge is 2.40. The second-order valence-electron chi connectivity index (χ2n) is 5.94. The van der Waals surface area contributed by atoms with E-state index in [2.05, 4.69) is 0 Å². The molecule has 8 nitrogen and oxygen atoms in total. The number of rotatable bonds is 6. The maximum absolute atomic E-state index is 11.9. The maximum Gasteiger partial charge on any atom is 0.341 e. The summed E-state index contributed by atoms with van der Waals surface area (Å²) in [7, 11) is -2.05. The van der Waals surface area contributed by atoms with E-state index in [4.69, 9.17) is 13.6 Å². The number of aliphatic hydroxyl groups is 1. The third-order valence-corrected chi connectivity index (χ3v) is 5.90. The number of nitrogens with zero attached hydrogens (tertiary/aromatic N) is 1. The molecule has 2 atom stereocenters. The lowest BCUT2D eigenvalue weighted by Crippen LogP contribution is -2.42. The molecule has 1 fully saturated rings. The van der Waals surface area contributed by atoms with Crippen molar-refractivity contribution in [3.8, 4) is 0 Å². The van der Waals surface area contributed by atoms with Gasteiger partial charge in [-0.2, -0.15) is 0 Å². The lowest BCUT2D eigenvalue weighted by molar-refractivity contribution is 0.0570. The molecule has 136 valence electrons. The van der Waals surface area contributed by atoms with Gasteiger partial charge in [0.25, 0.3) is 0 Å². The molecule has 0 saturated carbocycles. The lowest BCUT2D eigenvalue weighted by atomic mass is 10.1. The van der Waals surface area contributed by atoms with Gasteiger partial charge in [0.05, 0.1) is 56.4 Å². The van der Waals surface area contributed by atoms with E-state index in [0.29, 0.717) is 11.5 Å². The minimum Gasteiger partial charge on any atom is -0.468 e. The Kier molecular flexibility index (Phi) is 4.98. The van der Waals surface area contributed by atoms with Crippen molar-refractivity contribution >= 4 is 15.8 Å². The summed E-state index contributed by atoms with van der Waals surface area (Å²) >= 11 is 0. The molecule has 2 aromatic rings. The van der Waals surface area contributed by atoms with E-state index in [1.807, 2.05) is 0 Å². The predicted molar refractivity (Wildman–Crippen MR) is 86.5 cm³/mol. The molecule has 0 spiro atoms. The molecule has 0 amide bonds. The number of carbonyl (C=O) groups excluding carboxylic acids is 1. The van der Waals surface area contributed by atoms with Gasteiger partial charge in [0.2, 0.25) is 0 Å². The molecule has 2 aromatic heterocycles. The van der Waals surface area contributed by atoms with Gasteiger partial charge in [0.15, 0.2) is 9.84 Å². The van der Waals surface area contributed by atoms with Crippen molar-refractivity contribution in [3.05, 3.63) is 47.8 Å². The van der Waals surface area contributed by atoms with Crippen LogP contribution in [0.15, 0.2) is 39.6 Å². The second kappa shape index (κ2) is 7.03. The molecule has 1 aliphatic heterocycles. The van der Waals surface area contributed by atoms with Gasteiger partial charge in [-0.25, -0.2) is 13.2 Å². The van der Waals surface area contributed by atoms with Crippen LogP contribution in [0.2, 0.25) is 0 Å². The normalized spacial score (nSPS) is 22.4. The molecule has 0 unspecified atom stereocenters. The summed E-state index contributed by atoms with van der Waals surface area (Å²) in [6.07, 6.45) is 1.87. The van der Waals surface area contributed by atoms with Gasteiger partial charge >= 0.3 is 5.97 Å². The van der Waals surface area contributed by atoms with Crippen molar-refractivity contribution in [1.29, 1.82) is 0 Å². The number of hydrogen-bond acceptors (Lipinski definition) is 8. The monoisotopic (exact) mass is 369 g/mol. The van der Waals surface area contributed by atoms with Crippen molar-refractivity contribution in [3.63, 3.8) is 0 Å². The SMILES string of the molecule is COC(=O)c1ccoc1CN(Cc1ccco1)[C@H]1CS(=O)(=O)C[C@@H]1O. The molecule has 3 rings (SSSR count). The average Bonchev–Trinajstić information content (AvgIpc) is 3.26. The number of methoxy groups -OCH3 is 1. The summed E-state index contributed by atoms with van der Waals surface area (Å²) < 4.78 is 39.2. The molecule has 25 heavy (non-hydrogen) atoms. The van der Waals surface area contributed by atoms with Gasteiger partial charge < -0.3 is 18.7 Å². The quantitative estimate of drug-likeness (QED) is 0.745. The molecule has 0 aromatic carbocycles. The highest BCUT2D eigenvalue weighted by atomic mass is 32.2. The summed E-state index contributed by atoms with van der Waals surface area (Å²) in [5.74, 6) is -0.0313. The zero-order valence-corrected chi connectivity index (χ0v) is 14.4. The minimum absolute atomic E-state index is 0.134. The fourth-order valence-electron chi connectivity index (χ4n) is 2.99. The molecular weight excluding hydrogens is 350 g/mol. The van der Waals surface area contributed by atoms with Gasteiger partial charge in [0.1, 0.15) is 17.1 Å². The molecule has 0 aliphatic carbocycles. The summed E-state index contributed by atoms with van der Waals surface area (Å²) in [5.41, 5.74) is 0.266. The van der Waals surface area contributed by atoms with Crippen molar-refractivity contribution in [1.82, 2.24) is 4.90 Å². The van der Waals surface area contributed by atoms with Crippen LogP contribution in [0.25, 0.3) is 0 Å². The van der Waals surface area contributed by atoms with Crippen LogP contribution in [0, 0.1) is 0 Å². The maximum atomic E-state index is 11.9. The standard InChI is InChI=1S/C16H19NO7S/c1-22-16(19)12-4-6-24-15(12)8-17(7-11-3-2-5-23-11)13-9-25(20,21)10-14(13)18/h2-6,13-14,18H,7-10H2,1H3/t13-,14-/m0/s1. The number of sulfone groups is 1. The van der Waals surface area contributed by atoms with E-state index >= 15 is 0 Å². The second-order valence-corrected chi connectivity index (χ2v) is 8.10. The number of furan rings is 2. The van der Waals surface area contributed by atoms with Crippen LogP contribution in [-0.2, 0) is 27.7 Å². The smallest absolute Gasteiger partial charge is 0.341 e. The molecule has 1 N–H and O–H groups in total. The Hall–Kier alpha value is -2.10. The molecule has 1 aliphatic rings. The highest BCUT2D eigenvalue weighted by Crippen LogP contribution is 2.24. The van der Waals surface area contributed by atoms with E-state index in [9.17, 15) is 18.3 Å². The fraction of sp³-hybridized carbons (Fsp3) is 0.438. The minimum atomic E-state index is -3.32. The topological polar surface area (TPSA) is 110 Å². The first-order valence-corrected chi connectivity index (χ1v) is 9.51. The molecular formula is C16H19NO7S. The first kappa shape index (κ1) is 17.7. The van der Waals surface area contributed by atoms with E-state index in [0.717, 1.165) is 0 Å². The fourth-order valence-corrected chi connectivity index (χ4v) is 4.82. The van der Waals surface area contributed by atoms with Crippen LogP contribution in [0.1, 0.15) is 21.9 Å². The van der Waals surface area contributed by atoms with Gasteiger partial charge in [-0.1, -0.05) is 0 Å². The zero-order valence-electron chi connectivity index (χ0n) is 13.6. The molecule has 3 heterocycles. The Morgan fingerprint density at radius 3 is 2.68 bits per heavy atom. The van der Waals surface area contributed by atoms with E-state index in [1.54, 1.807) is 17.0 Å². The van der Waals surface area contributed by atoms with E-state index in [1.165, 1.54) is 25.7 Å². The van der Waals surface area contributed by atoms with Crippen LogP contribution >= 0.6 is 0 Å². The third kappa shape index (κ3) is 3.94. The Labute approximate surface area is 144 Å². The first-order chi connectivity index (χ1) is 11.9. The third-order valence-electron chi connectivity index (χ3n) is 4.20. The van der Waals surface area contributed by atoms with E-state index < -0.39 is 28.0 Å². The van der Waals surface area contributed by atoms with Gasteiger partial charge in [0, 0.05) is 0 Å². The van der Waals surface area contributed by atoms with Crippen LogP contribution in [0.5, 0.6) is 0 Å². The van der Waals surface area contributed by atoms with Gasteiger partial charge in [-0.3, -0.25) is 4.90 Å². The number of ether oxygens (including phenoxy) is 1. The summed E-state index contributed by atoms with van der Waals surface area (Å²) in [4.78, 5) is 13.6. The van der Waals surface area contributed by atoms with Crippen LogP contribution in [0.4, 0.5) is 0 Å². The number of carbonyl (C=O) groups is 1. The molecule has 0 bridgehead atoms. The van der Waals surface area contributed by atoms with Crippen molar-refractivity contribution in [2.45, 2.75) is 25.2 Å². The van der Waals surface area contributed by atoms with E-state index in [-0.39, 0.29) is 30.2 Å². The summed E-state index contributed by atoms with van der Waals surface area (Å²) in [6.45, 7) is 0.404. The first-order valence-electron chi connectivity index (χ1n) is 7.69. The van der Waals surface area contributed by atoms with Crippen molar-refractivity contribution < 1.29 is 31.9 Å². The Balaban J connectivity index is 1.87. The lowest BCUT2D eigenvalue weighted by Gasteiger charge is -2.28. The summed E-state index contributed by atoms with van der Waals surface area (Å²) in [6, 6.07) is 4.35. The predicted octanol–water partition coefficient (Wildman–Crippen LogP) is 0.819. The highest BCUT2D eigenvalue weighted by molar-refractivity contribution is 7.91. The Morgan fingerprint density at radius 1 is 1.28 bits per heavy atom. The van der Waals surface area contributed by atoms with Crippen LogP contribution < -0.4 is 0 Å². The Morgan fingerprint density at radius 2 is 2.08 bits per heavy atom. The van der Waals surface area contributed by atoms with Crippen LogP contribution in [-0.4, -0.2) is 55.2 Å². The molecule has 0 radical (unpaired) electrons. The Bertz CT molecular complexity index is 825. The van der Waals surface area contributed by atoms with Crippen LogP contribution in [0.3, 0.4) is 0 Å². The van der Waals surface area contributed by atoms with Gasteiger partial charge in [-0.05, 0) is 18.2 Å². The average molecular weight is 369 g/mol. The van der Waals surface area contributed by atoms with Gasteiger partial charge in [-0.15, -0.1) is 0 Å². The summed E-state index contributed by atoms with van der Waals surface area (Å²) in [5, 5.41) is 10.2. The molecule has 1 saturated heterocycles. The molecule has 9 heteroatoms. The van der Waals surface area contributed by atoms with Crippen molar-refractivity contribution in [2.75, 3.05) is 18.6 Å². The number of hydrogen-bond donors (Lipinski definition) is 1. The number of esters is 1. The largest absolute Gasteiger partial charge is 0.468 e. The van der Waals surface area contributed by atoms with Crippen molar-refractivity contribution in [2.24, 2.45) is 0 Å².